The topological polar surface area (TPSA) is 63.8 Å². The molecule has 3 rings (SSSR count). The van der Waals surface area contributed by atoms with Crippen molar-refractivity contribution < 1.29 is 4.52 Å². The smallest absolute Gasteiger partial charge is 0.260 e. The van der Waals surface area contributed by atoms with Crippen molar-refractivity contribution in [1.29, 1.82) is 0 Å². The summed E-state index contributed by atoms with van der Waals surface area (Å²) < 4.78 is 5.37. The van der Waals surface area contributed by atoms with Crippen LogP contribution in [0.1, 0.15) is 12.7 Å². The van der Waals surface area contributed by atoms with Gasteiger partial charge >= 0.3 is 0 Å². The average Bonchev–Trinajstić information content (AvgIpc) is 2.94. The van der Waals surface area contributed by atoms with Gasteiger partial charge in [-0.2, -0.15) is 4.98 Å². The minimum Gasteiger partial charge on any atom is -0.334 e. The Hall–Kier alpha value is -1.98. The molecule has 108 valence electrons. The lowest BCUT2D eigenvalue weighted by molar-refractivity contribution is 0.418. The van der Waals surface area contributed by atoms with Gasteiger partial charge in [0.2, 0.25) is 0 Å². The minimum absolute atomic E-state index is 0.282. The summed E-state index contributed by atoms with van der Waals surface area (Å²) in [4.78, 5) is 8.83. The Bertz CT molecular complexity index is 771. The first kappa shape index (κ1) is 14.0. The van der Waals surface area contributed by atoms with Gasteiger partial charge in [0.1, 0.15) is 0 Å². The van der Waals surface area contributed by atoms with Crippen LogP contribution in [0.2, 0.25) is 5.02 Å². The molecule has 0 saturated heterocycles. The van der Waals surface area contributed by atoms with Crippen LogP contribution in [0.3, 0.4) is 0 Å². The summed E-state index contributed by atoms with van der Waals surface area (Å²) in [6, 6.07) is 7.78. The van der Waals surface area contributed by atoms with Crippen molar-refractivity contribution in [2.75, 3.05) is 7.05 Å². The zero-order valence-electron chi connectivity index (χ0n) is 11.8. The standard InChI is InChI=1S/C15H15ClN4O/c1-9(17-2)6-13-19-15(21-20-13)12-8-11(16)7-10-4-3-5-18-14(10)12/h3-5,7-9,17H,6H2,1-2H3. The first-order valence-electron chi connectivity index (χ1n) is 6.72. The molecule has 1 N–H and O–H groups in total. The van der Waals surface area contributed by atoms with Gasteiger partial charge in [0, 0.05) is 29.1 Å². The summed E-state index contributed by atoms with van der Waals surface area (Å²) in [7, 11) is 1.90. The highest BCUT2D eigenvalue weighted by Gasteiger charge is 2.15. The van der Waals surface area contributed by atoms with E-state index in [0.717, 1.165) is 16.5 Å². The first-order valence-corrected chi connectivity index (χ1v) is 7.09. The third-order valence-corrected chi connectivity index (χ3v) is 3.57. The Morgan fingerprint density at radius 3 is 3.05 bits per heavy atom. The number of nitrogens with one attached hydrogen (secondary N) is 1. The van der Waals surface area contributed by atoms with Crippen LogP contribution in [0.25, 0.3) is 22.4 Å². The van der Waals surface area contributed by atoms with E-state index in [1.165, 1.54) is 0 Å². The SMILES string of the molecule is CNC(C)Cc1noc(-c2cc(Cl)cc3cccnc23)n1. The molecule has 1 unspecified atom stereocenters. The number of fused-ring (bicyclic) bond motifs is 1. The molecule has 0 radical (unpaired) electrons. The lowest BCUT2D eigenvalue weighted by Crippen LogP contribution is -2.24. The summed E-state index contributed by atoms with van der Waals surface area (Å²) in [5, 5.41) is 8.73. The molecule has 21 heavy (non-hydrogen) atoms. The molecule has 0 spiro atoms. The molecule has 0 aliphatic carbocycles. The Morgan fingerprint density at radius 2 is 2.24 bits per heavy atom. The van der Waals surface area contributed by atoms with Gasteiger partial charge in [-0.1, -0.05) is 22.8 Å². The van der Waals surface area contributed by atoms with Crippen molar-refractivity contribution in [2.24, 2.45) is 0 Å². The van der Waals surface area contributed by atoms with Crippen LogP contribution in [0.5, 0.6) is 0 Å². The van der Waals surface area contributed by atoms with Gasteiger partial charge in [-0.05, 0) is 32.2 Å². The maximum atomic E-state index is 6.16. The number of rotatable bonds is 4. The van der Waals surface area contributed by atoms with Crippen molar-refractivity contribution in [3.05, 3.63) is 41.3 Å². The van der Waals surface area contributed by atoms with Crippen LogP contribution in [-0.4, -0.2) is 28.2 Å². The highest BCUT2D eigenvalue weighted by molar-refractivity contribution is 6.31. The van der Waals surface area contributed by atoms with E-state index in [-0.39, 0.29) is 6.04 Å². The van der Waals surface area contributed by atoms with Crippen LogP contribution in [0, 0.1) is 0 Å². The van der Waals surface area contributed by atoms with Crippen molar-refractivity contribution in [2.45, 2.75) is 19.4 Å². The van der Waals surface area contributed by atoms with Crippen molar-refractivity contribution >= 4 is 22.5 Å². The molecule has 2 heterocycles. The lowest BCUT2D eigenvalue weighted by atomic mass is 10.1. The van der Waals surface area contributed by atoms with Crippen molar-refractivity contribution in [3.8, 4) is 11.5 Å². The monoisotopic (exact) mass is 302 g/mol. The van der Waals surface area contributed by atoms with Gasteiger partial charge in [-0.15, -0.1) is 0 Å². The van der Waals surface area contributed by atoms with Gasteiger partial charge in [-0.25, -0.2) is 0 Å². The van der Waals surface area contributed by atoms with Gasteiger partial charge in [0.15, 0.2) is 5.82 Å². The minimum atomic E-state index is 0.282. The summed E-state index contributed by atoms with van der Waals surface area (Å²) in [5.41, 5.74) is 1.56. The number of hydrogen-bond acceptors (Lipinski definition) is 5. The largest absolute Gasteiger partial charge is 0.334 e. The Labute approximate surface area is 127 Å². The molecule has 2 aromatic heterocycles. The number of nitrogens with zero attached hydrogens (tertiary/aromatic N) is 3. The van der Waals surface area contributed by atoms with Gasteiger partial charge in [0.05, 0.1) is 11.1 Å². The third-order valence-electron chi connectivity index (χ3n) is 3.35. The molecule has 0 amide bonds. The van der Waals surface area contributed by atoms with Crippen LogP contribution >= 0.6 is 11.6 Å². The van der Waals surface area contributed by atoms with E-state index >= 15 is 0 Å². The lowest BCUT2D eigenvalue weighted by Gasteiger charge is -2.05. The zero-order valence-corrected chi connectivity index (χ0v) is 12.6. The van der Waals surface area contributed by atoms with E-state index in [9.17, 15) is 0 Å². The van der Waals surface area contributed by atoms with Gasteiger partial charge in [0.25, 0.3) is 5.89 Å². The van der Waals surface area contributed by atoms with E-state index in [2.05, 4.69) is 27.4 Å². The Morgan fingerprint density at radius 1 is 1.38 bits per heavy atom. The number of halogens is 1. The molecule has 0 aliphatic heterocycles. The molecule has 0 fully saturated rings. The van der Waals surface area contributed by atoms with Gasteiger partial charge in [-0.3, -0.25) is 4.98 Å². The summed E-state index contributed by atoms with van der Waals surface area (Å²) in [5.74, 6) is 1.11. The quantitative estimate of drug-likeness (QED) is 0.802. The normalized spacial score (nSPS) is 12.7. The highest BCUT2D eigenvalue weighted by Crippen LogP contribution is 2.29. The van der Waals surface area contributed by atoms with Crippen LogP contribution in [0.4, 0.5) is 0 Å². The third kappa shape index (κ3) is 2.89. The van der Waals surface area contributed by atoms with Crippen LogP contribution in [-0.2, 0) is 6.42 Å². The predicted molar refractivity (Wildman–Crippen MR) is 82.3 cm³/mol. The average molecular weight is 303 g/mol. The van der Waals surface area contributed by atoms with Crippen LogP contribution < -0.4 is 5.32 Å². The molecule has 0 bridgehead atoms. The number of hydrogen-bond donors (Lipinski definition) is 1. The fourth-order valence-electron chi connectivity index (χ4n) is 2.14. The fraction of sp³-hybridized carbons (Fsp3) is 0.267. The predicted octanol–water partition coefficient (Wildman–Crippen LogP) is 3.09. The van der Waals surface area contributed by atoms with Gasteiger partial charge < -0.3 is 9.84 Å². The molecular formula is C15H15ClN4O. The molecule has 3 aromatic rings. The molecule has 1 atom stereocenters. The fourth-order valence-corrected chi connectivity index (χ4v) is 2.37. The molecule has 6 heteroatoms. The highest BCUT2D eigenvalue weighted by atomic mass is 35.5. The number of aromatic nitrogens is 3. The molecule has 1 aromatic carbocycles. The second-order valence-electron chi connectivity index (χ2n) is 4.94. The van der Waals surface area contributed by atoms with E-state index in [1.54, 1.807) is 12.3 Å². The molecular weight excluding hydrogens is 288 g/mol. The maximum Gasteiger partial charge on any atom is 0.260 e. The number of likely N-dealkylation sites (N-methyl/N-ethyl adjacent to an activating group) is 1. The summed E-state index contributed by atoms with van der Waals surface area (Å²) in [6.45, 7) is 2.06. The van der Waals surface area contributed by atoms with E-state index < -0.39 is 0 Å². The summed E-state index contributed by atoms with van der Waals surface area (Å²) in [6.07, 6.45) is 2.44. The second kappa shape index (κ2) is 5.79. The molecule has 0 saturated carbocycles. The van der Waals surface area contributed by atoms with E-state index in [1.807, 2.05) is 25.2 Å². The number of benzene rings is 1. The Kier molecular flexibility index (Phi) is 3.86. The van der Waals surface area contributed by atoms with Crippen LogP contribution in [0.15, 0.2) is 35.0 Å². The maximum absolute atomic E-state index is 6.16. The Balaban J connectivity index is 2.04. The summed E-state index contributed by atoms with van der Waals surface area (Å²) >= 11 is 6.16. The number of pyridine rings is 1. The first-order chi connectivity index (χ1) is 10.2. The molecule has 0 aliphatic rings. The van der Waals surface area contributed by atoms with E-state index in [4.69, 9.17) is 16.1 Å². The second-order valence-corrected chi connectivity index (χ2v) is 5.37. The molecule has 5 nitrogen and oxygen atoms in total. The van der Waals surface area contributed by atoms with Crippen molar-refractivity contribution in [1.82, 2.24) is 20.4 Å². The van der Waals surface area contributed by atoms with E-state index in [0.29, 0.717) is 23.2 Å². The zero-order chi connectivity index (χ0) is 14.8. The van der Waals surface area contributed by atoms with Crippen molar-refractivity contribution in [3.63, 3.8) is 0 Å².